The van der Waals surface area contributed by atoms with Crippen LogP contribution >= 0.6 is 22.7 Å². The first-order chi connectivity index (χ1) is 20.1. The van der Waals surface area contributed by atoms with Gasteiger partial charge < -0.3 is 32.5 Å². The van der Waals surface area contributed by atoms with Crippen LogP contribution in [0.25, 0.3) is 0 Å². The zero-order valence-electron chi connectivity index (χ0n) is 22.7. The zero-order valence-corrected chi connectivity index (χ0v) is 25.2. The molecule has 0 saturated carbocycles. The van der Waals surface area contributed by atoms with Crippen LogP contribution in [0.15, 0.2) is 51.0 Å². The topological polar surface area (TPSA) is 214 Å². The van der Waals surface area contributed by atoms with Gasteiger partial charge >= 0.3 is 5.97 Å². The minimum atomic E-state index is -4.06. The second kappa shape index (κ2) is 14.4. The van der Waals surface area contributed by atoms with Gasteiger partial charge in [0.15, 0.2) is 5.96 Å². The Bertz CT molecular complexity index is 1510. The molecular formula is C26H34N8O5S3. The van der Waals surface area contributed by atoms with Crippen molar-refractivity contribution in [1.82, 2.24) is 15.6 Å². The molecule has 2 aromatic heterocycles. The molecule has 4 rings (SSSR count). The number of aromatic nitrogens is 1. The molecule has 1 aliphatic heterocycles. The van der Waals surface area contributed by atoms with Gasteiger partial charge in [0.2, 0.25) is 0 Å². The van der Waals surface area contributed by atoms with Crippen molar-refractivity contribution in [3.05, 3.63) is 56.7 Å². The number of amides is 1. The van der Waals surface area contributed by atoms with Gasteiger partial charge in [0.25, 0.3) is 15.9 Å². The van der Waals surface area contributed by atoms with Gasteiger partial charge in [-0.3, -0.25) is 14.5 Å². The lowest BCUT2D eigenvalue weighted by molar-refractivity contribution is -0.139. The Balaban J connectivity index is 1.37. The highest BCUT2D eigenvalue weighted by Crippen LogP contribution is 2.29. The van der Waals surface area contributed by atoms with E-state index in [9.17, 15) is 23.1 Å². The number of thiazole rings is 1. The predicted molar refractivity (Wildman–Crippen MR) is 165 cm³/mol. The fraction of sp³-hybridized carbons (Fsp3) is 0.385. The first-order valence-electron chi connectivity index (χ1n) is 13.3. The number of nitrogens with two attached hydrogens (primary N) is 2. The second-order valence-corrected chi connectivity index (χ2v) is 13.2. The number of benzene rings is 1. The Morgan fingerprint density at radius 2 is 1.98 bits per heavy atom. The number of carbonyl (C=O) groups excluding carboxylic acids is 1. The number of hydrogen-bond acceptors (Lipinski definition) is 10. The maximum atomic E-state index is 13.2. The molecule has 0 aliphatic carbocycles. The van der Waals surface area contributed by atoms with E-state index >= 15 is 0 Å². The van der Waals surface area contributed by atoms with E-state index in [0.29, 0.717) is 24.6 Å². The van der Waals surface area contributed by atoms with Crippen LogP contribution in [0.5, 0.6) is 0 Å². The van der Waals surface area contributed by atoms with Gasteiger partial charge in [0, 0.05) is 23.5 Å². The largest absolute Gasteiger partial charge is 0.480 e. The number of anilines is 2. The van der Waals surface area contributed by atoms with Crippen LogP contribution < -0.4 is 32.1 Å². The van der Waals surface area contributed by atoms with Gasteiger partial charge in [-0.05, 0) is 68.4 Å². The average Bonchev–Trinajstić information content (AvgIpc) is 3.63. The molecule has 1 atom stereocenters. The van der Waals surface area contributed by atoms with Crippen molar-refractivity contribution in [3.63, 3.8) is 0 Å². The number of sulfonamides is 1. The van der Waals surface area contributed by atoms with E-state index in [4.69, 9.17) is 16.5 Å². The van der Waals surface area contributed by atoms with Crippen molar-refractivity contribution in [2.45, 2.75) is 49.1 Å². The van der Waals surface area contributed by atoms with E-state index in [-0.39, 0.29) is 34.4 Å². The number of rotatable bonds is 14. The van der Waals surface area contributed by atoms with Crippen molar-refractivity contribution in [2.75, 3.05) is 29.7 Å². The summed E-state index contributed by atoms with van der Waals surface area (Å²) in [6.07, 6.45) is 2.55. The number of carbonyl (C=O) groups is 2. The number of guanidine groups is 1. The predicted octanol–water partition coefficient (Wildman–Crippen LogP) is 2.32. The molecule has 226 valence electrons. The van der Waals surface area contributed by atoms with E-state index in [1.54, 1.807) is 28.8 Å². The Hall–Kier alpha value is -3.73. The van der Waals surface area contributed by atoms with Crippen LogP contribution in [0.2, 0.25) is 0 Å². The van der Waals surface area contributed by atoms with Crippen LogP contribution in [0.3, 0.4) is 0 Å². The minimum Gasteiger partial charge on any atom is -0.480 e. The Morgan fingerprint density at radius 3 is 2.71 bits per heavy atom. The third-order valence-electron chi connectivity index (χ3n) is 6.54. The summed E-state index contributed by atoms with van der Waals surface area (Å²) in [5.74, 6) is -1.57. The molecule has 1 unspecified atom stereocenters. The summed E-state index contributed by atoms with van der Waals surface area (Å²) in [7, 11) is -4.06. The van der Waals surface area contributed by atoms with E-state index in [1.165, 1.54) is 18.2 Å². The molecule has 1 aliphatic rings. The van der Waals surface area contributed by atoms with Crippen LogP contribution in [0, 0.1) is 0 Å². The van der Waals surface area contributed by atoms with Gasteiger partial charge in [-0.2, -0.15) is 0 Å². The average molecular weight is 635 g/mol. The molecule has 9 N–H and O–H groups in total. The summed E-state index contributed by atoms with van der Waals surface area (Å²) in [6, 6.07) is 6.60. The number of aliphatic imine (C=N–C) groups is 1. The molecule has 3 aromatic rings. The van der Waals surface area contributed by atoms with Crippen LogP contribution in [0.1, 0.15) is 52.0 Å². The molecule has 13 nitrogen and oxygen atoms in total. The molecule has 0 bridgehead atoms. The standard InChI is InChI=1S/C26H34N8O5S3/c27-26(28)30-9-2-5-21(25(36)37)33-23(35)22-20(8-12-40-22)34-42(38,39)19-4-1-3-17(13-19)31-14-18-15-41-24(32-18)16-6-10-29-11-7-16/h1,3-4,8,12-13,15-16,21,29,31,34H,2,5-7,9-11,14H2,(H,33,35)(H,36,37)(H4,27,28,30). The lowest BCUT2D eigenvalue weighted by Crippen LogP contribution is -2.40. The van der Waals surface area contributed by atoms with Crippen LogP contribution in [-0.2, 0) is 21.4 Å². The number of nitrogens with zero attached hydrogens (tertiary/aromatic N) is 2. The minimum absolute atomic E-state index is 0.00174. The normalized spacial score (nSPS) is 14.6. The zero-order chi connectivity index (χ0) is 30.1. The molecular weight excluding hydrogens is 601 g/mol. The number of nitrogens with one attached hydrogen (secondary N) is 4. The molecule has 3 heterocycles. The molecule has 1 fully saturated rings. The maximum Gasteiger partial charge on any atom is 0.326 e. The van der Waals surface area contributed by atoms with Gasteiger partial charge in [-0.1, -0.05) is 6.07 Å². The number of carboxylic acids is 1. The first-order valence-corrected chi connectivity index (χ1v) is 16.5. The fourth-order valence-corrected chi connectivity index (χ4v) is 7.31. The van der Waals surface area contributed by atoms with Gasteiger partial charge in [0.05, 0.1) is 27.8 Å². The Morgan fingerprint density at radius 1 is 1.19 bits per heavy atom. The molecule has 1 saturated heterocycles. The highest BCUT2D eigenvalue weighted by Gasteiger charge is 2.25. The summed E-state index contributed by atoms with van der Waals surface area (Å²) in [5.41, 5.74) is 12.1. The molecule has 1 amide bonds. The van der Waals surface area contributed by atoms with Crippen molar-refractivity contribution >= 4 is 61.9 Å². The van der Waals surface area contributed by atoms with Gasteiger partial charge in [0.1, 0.15) is 10.9 Å². The summed E-state index contributed by atoms with van der Waals surface area (Å²) in [5, 5.41) is 23.3. The highest BCUT2D eigenvalue weighted by molar-refractivity contribution is 7.92. The van der Waals surface area contributed by atoms with Crippen molar-refractivity contribution in [2.24, 2.45) is 16.5 Å². The maximum absolute atomic E-state index is 13.2. The number of thiophene rings is 1. The SMILES string of the molecule is NC(N)=NCCCC(NC(=O)c1sccc1NS(=O)(=O)c1cccc(NCc2csc(C3CCNCC3)n2)c1)C(=O)O. The third kappa shape index (κ3) is 8.64. The Kier molecular flexibility index (Phi) is 10.7. The van der Waals surface area contributed by atoms with Gasteiger partial charge in [-0.25, -0.2) is 18.2 Å². The summed E-state index contributed by atoms with van der Waals surface area (Å²) < 4.78 is 28.9. The number of aliphatic carboxylic acids is 1. The van der Waals surface area contributed by atoms with Crippen molar-refractivity contribution in [3.8, 4) is 0 Å². The lowest BCUT2D eigenvalue weighted by atomic mass is 9.99. The molecule has 0 radical (unpaired) electrons. The number of carboxylic acid groups (broad SMARTS) is 1. The summed E-state index contributed by atoms with van der Waals surface area (Å²) in [4.78, 5) is 33.2. The van der Waals surface area contributed by atoms with Crippen LogP contribution in [-0.4, -0.2) is 62.0 Å². The number of hydrogen-bond donors (Lipinski definition) is 7. The lowest BCUT2D eigenvalue weighted by Gasteiger charge is -2.20. The third-order valence-corrected chi connectivity index (χ3v) is 9.87. The molecule has 1 aromatic carbocycles. The van der Waals surface area contributed by atoms with E-state index in [1.807, 2.05) is 5.38 Å². The van der Waals surface area contributed by atoms with Crippen LogP contribution in [0.4, 0.5) is 11.4 Å². The fourth-order valence-electron chi connectivity index (χ4n) is 4.38. The Labute approximate surface area is 251 Å². The van der Waals surface area contributed by atoms with E-state index in [0.717, 1.165) is 48.0 Å². The van der Waals surface area contributed by atoms with E-state index in [2.05, 4.69) is 25.7 Å². The van der Waals surface area contributed by atoms with Crippen molar-refractivity contribution in [1.29, 1.82) is 0 Å². The quantitative estimate of drug-likeness (QED) is 0.0780. The first kappa shape index (κ1) is 31.2. The second-order valence-electron chi connectivity index (χ2n) is 9.66. The van der Waals surface area contributed by atoms with Gasteiger partial charge in [-0.15, -0.1) is 22.7 Å². The monoisotopic (exact) mass is 634 g/mol. The van der Waals surface area contributed by atoms with E-state index < -0.39 is 27.9 Å². The smallest absolute Gasteiger partial charge is 0.326 e. The molecule has 42 heavy (non-hydrogen) atoms. The highest BCUT2D eigenvalue weighted by atomic mass is 32.2. The van der Waals surface area contributed by atoms with Crippen molar-refractivity contribution < 1.29 is 23.1 Å². The molecule has 0 spiro atoms. The number of piperidine rings is 1. The molecule has 16 heteroatoms. The summed E-state index contributed by atoms with van der Waals surface area (Å²) in [6.45, 7) is 2.65. The summed E-state index contributed by atoms with van der Waals surface area (Å²) >= 11 is 2.64.